The smallest absolute Gasteiger partial charge is 0.329 e. The van der Waals surface area contributed by atoms with Crippen molar-refractivity contribution in [1.82, 2.24) is 20.1 Å². The molecule has 5 N–H and O–H groups in total. The van der Waals surface area contributed by atoms with E-state index in [0.29, 0.717) is 0 Å². The molecule has 0 saturated heterocycles. The predicted octanol–water partition coefficient (Wildman–Crippen LogP) is 0.202. The van der Waals surface area contributed by atoms with Gasteiger partial charge < -0.3 is 29.6 Å². The fourth-order valence-electron chi connectivity index (χ4n) is 2.69. The minimum Gasteiger partial charge on any atom is -0.464 e. The van der Waals surface area contributed by atoms with E-state index in [0.717, 1.165) is 45.9 Å². The Kier molecular flexibility index (Phi) is 19.9. The van der Waals surface area contributed by atoms with Crippen molar-refractivity contribution in [1.29, 1.82) is 0 Å². The van der Waals surface area contributed by atoms with Gasteiger partial charge in [-0.25, -0.2) is 14.3 Å². The molecule has 0 bridgehead atoms. The van der Waals surface area contributed by atoms with Crippen LogP contribution in [-0.4, -0.2) is 101 Å². The lowest BCUT2D eigenvalue weighted by molar-refractivity contribution is -0.145. The Morgan fingerprint density at radius 1 is 0.977 bits per heavy atom. The van der Waals surface area contributed by atoms with Gasteiger partial charge in [0.05, 0.1) is 31.9 Å². The molecule has 1 heterocycles. The third-order valence-corrected chi connectivity index (χ3v) is 8.77. The molecule has 2 unspecified atom stereocenters. The van der Waals surface area contributed by atoms with Crippen molar-refractivity contribution in [2.45, 2.75) is 38.0 Å². The highest BCUT2D eigenvalue weighted by atomic mass is 33.1. The Hall–Kier alpha value is -1.78. The average Bonchev–Trinajstić information content (AvgIpc) is 2.97. The summed E-state index contributed by atoms with van der Waals surface area (Å²) in [6.07, 6.45) is 0. The molecular weight excluding hydrogens is 685 g/mol. The van der Waals surface area contributed by atoms with E-state index in [2.05, 4.69) is 45.3 Å². The van der Waals surface area contributed by atoms with Crippen LogP contribution in [0.5, 0.6) is 0 Å². The Balaban J connectivity index is 3.03. The topological polar surface area (TPSA) is 202 Å². The molecule has 20 heteroatoms. The zero-order valence-corrected chi connectivity index (χ0v) is 28.0. The maximum Gasteiger partial charge on any atom is 0.329 e. The number of thiocarbonyl (C=S) groups is 1. The summed E-state index contributed by atoms with van der Waals surface area (Å²) in [6, 6.07) is -1.94. The van der Waals surface area contributed by atoms with Gasteiger partial charge in [-0.3, -0.25) is 23.9 Å². The van der Waals surface area contributed by atoms with Crippen LogP contribution in [0.2, 0.25) is 0 Å². The van der Waals surface area contributed by atoms with Crippen LogP contribution in [0.4, 0.5) is 0 Å². The highest BCUT2D eigenvalue weighted by Crippen LogP contribution is 2.20. The fourth-order valence-corrected chi connectivity index (χ4v) is 6.51. The number of ether oxygens (including phenoxy) is 2. The van der Waals surface area contributed by atoms with E-state index < -0.39 is 70.0 Å². The number of esters is 2. The first-order valence-corrected chi connectivity index (χ1v) is 17.3. The van der Waals surface area contributed by atoms with Crippen LogP contribution in [0.15, 0.2) is 21.3 Å². The van der Waals surface area contributed by atoms with Gasteiger partial charge in [0.2, 0.25) is 5.12 Å². The molecule has 1 aromatic heterocycles. The van der Waals surface area contributed by atoms with Gasteiger partial charge in [0.25, 0.3) is 11.8 Å². The highest BCUT2D eigenvalue weighted by Gasteiger charge is 2.28. The summed E-state index contributed by atoms with van der Waals surface area (Å²) >= 11 is 13.5. The van der Waals surface area contributed by atoms with E-state index >= 15 is 0 Å². The van der Waals surface area contributed by atoms with Crippen molar-refractivity contribution in [2.75, 3.05) is 37.1 Å². The SMILES string of the molecule is CCOC(=O)C(CSN[C@@H](CS)C(=O)S)NC(=O)c1cc(=O)cc(C(=O)NC(CSSN[C@@H](C=S)CO)C(=O)OCC)o1. The Bertz CT molecular complexity index is 1170. The predicted molar refractivity (Wildman–Crippen MR) is 176 cm³/mol. The normalized spacial score (nSPS) is 13.6. The van der Waals surface area contributed by atoms with E-state index in [4.69, 9.17) is 26.1 Å². The van der Waals surface area contributed by atoms with E-state index in [9.17, 15) is 33.9 Å². The lowest BCUT2D eigenvalue weighted by Gasteiger charge is -2.19. The summed E-state index contributed by atoms with van der Waals surface area (Å²) in [5.74, 6) is -4.62. The summed E-state index contributed by atoms with van der Waals surface area (Å²) in [5.41, 5.74) is -0.758. The van der Waals surface area contributed by atoms with Crippen molar-refractivity contribution in [2.24, 2.45) is 0 Å². The van der Waals surface area contributed by atoms with Crippen LogP contribution in [0, 0.1) is 0 Å². The number of aliphatic hydroxyl groups excluding tert-OH is 1. The number of carbonyl (C=O) groups excluding carboxylic acids is 5. The maximum absolute atomic E-state index is 12.9. The maximum atomic E-state index is 12.9. The first kappa shape index (κ1) is 39.2. The number of thiol groups is 2. The number of hydrogen-bond donors (Lipinski definition) is 7. The molecular formula is C23H32N4O10S6. The molecule has 0 aliphatic carbocycles. The van der Waals surface area contributed by atoms with Gasteiger partial charge in [-0.1, -0.05) is 35.0 Å². The second kappa shape index (κ2) is 21.8. The molecule has 240 valence electrons. The van der Waals surface area contributed by atoms with Crippen LogP contribution in [-0.2, 0) is 23.9 Å². The molecule has 43 heavy (non-hydrogen) atoms. The molecule has 0 saturated carbocycles. The van der Waals surface area contributed by atoms with E-state index in [1.807, 2.05) is 0 Å². The monoisotopic (exact) mass is 716 g/mol. The van der Waals surface area contributed by atoms with Crippen LogP contribution in [0.1, 0.15) is 35.0 Å². The molecule has 4 atom stereocenters. The fraction of sp³-hybridized carbons (Fsp3) is 0.522. The largest absolute Gasteiger partial charge is 0.464 e. The van der Waals surface area contributed by atoms with Gasteiger partial charge in [-0.15, -0.1) is 12.6 Å². The van der Waals surface area contributed by atoms with Crippen molar-refractivity contribution < 1.29 is 43.0 Å². The first-order valence-electron chi connectivity index (χ1n) is 12.4. The van der Waals surface area contributed by atoms with Crippen LogP contribution < -0.4 is 25.5 Å². The van der Waals surface area contributed by atoms with Crippen molar-refractivity contribution >= 4 is 105 Å². The molecule has 0 aliphatic heterocycles. The molecule has 0 aromatic carbocycles. The number of hydrogen-bond acceptors (Lipinski definition) is 17. The van der Waals surface area contributed by atoms with Crippen molar-refractivity contribution in [3.63, 3.8) is 0 Å². The van der Waals surface area contributed by atoms with Gasteiger partial charge in [0.15, 0.2) is 16.9 Å². The zero-order chi connectivity index (χ0) is 32.4. The molecule has 0 aliphatic rings. The molecule has 0 fully saturated rings. The van der Waals surface area contributed by atoms with Gasteiger partial charge in [0.1, 0.15) is 12.1 Å². The van der Waals surface area contributed by atoms with Gasteiger partial charge in [-0.2, -0.15) is 12.6 Å². The molecule has 2 amide bonds. The van der Waals surface area contributed by atoms with Gasteiger partial charge >= 0.3 is 11.9 Å². The minimum absolute atomic E-state index is 0.0159. The van der Waals surface area contributed by atoms with Crippen molar-refractivity contribution in [3.8, 4) is 0 Å². The quantitative estimate of drug-likeness (QED) is 0.0227. The van der Waals surface area contributed by atoms with Crippen LogP contribution in [0.25, 0.3) is 0 Å². The van der Waals surface area contributed by atoms with E-state index in [1.165, 1.54) is 5.37 Å². The average molecular weight is 717 g/mol. The lowest BCUT2D eigenvalue weighted by atomic mass is 10.2. The third kappa shape index (κ3) is 14.7. The summed E-state index contributed by atoms with van der Waals surface area (Å²) in [7, 11) is 2.21. The molecule has 14 nitrogen and oxygen atoms in total. The number of rotatable bonds is 21. The Morgan fingerprint density at radius 3 is 1.95 bits per heavy atom. The van der Waals surface area contributed by atoms with Crippen LogP contribution >= 0.6 is 71.2 Å². The summed E-state index contributed by atoms with van der Waals surface area (Å²) in [5, 5.41) is 14.8. The second-order valence-electron chi connectivity index (χ2n) is 7.99. The van der Waals surface area contributed by atoms with Gasteiger partial charge in [-0.05, 0) is 30.2 Å². The Morgan fingerprint density at radius 2 is 1.51 bits per heavy atom. The molecule has 0 spiro atoms. The summed E-state index contributed by atoms with van der Waals surface area (Å²) in [4.78, 5) is 74.6. The molecule has 1 rings (SSSR count). The standard InChI is InChI=1S/C23H32N4O10S6/c1-3-35-21(32)15(10-41-27-14(9-39)23(34)40)24-19(30)17-5-13(29)6-18(37-17)20(31)25-16(22(33)36-4-2)11-42-43-26-12(7-28)8-38/h5-6,8,12,14-16,26-28,39H,3-4,7,9-11H2,1-2H3,(H,24,30)(H,25,31)(H,34,40)/t12-,14+,15?,16?/m1/s1. The van der Waals surface area contributed by atoms with E-state index in [-0.39, 0.29) is 37.1 Å². The van der Waals surface area contributed by atoms with Crippen LogP contribution in [0.3, 0.4) is 0 Å². The first-order chi connectivity index (χ1) is 20.5. The number of carbonyl (C=O) groups is 5. The molecule has 1 aromatic rings. The van der Waals surface area contributed by atoms with Gasteiger partial charge in [0, 0.05) is 29.4 Å². The highest BCUT2D eigenvalue weighted by molar-refractivity contribution is 8.76. The number of nitrogens with one attached hydrogen (secondary N) is 4. The van der Waals surface area contributed by atoms with E-state index in [1.54, 1.807) is 13.8 Å². The minimum atomic E-state index is -1.23. The Labute approximate surface area is 276 Å². The number of amides is 2. The third-order valence-electron chi connectivity index (χ3n) is 4.78. The molecule has 0 radical (unpaired) electrons. The number of aliphatic hydroxyl groups is 1. The summed E-state index contributed by atoms with van der Waals surface area (Å²) in [6.45, 7) is 2.98. The summed E-state index contributed by atoms with van der Waals surface area (Å²) < 4.78 is 21.0. The van der Waals surface area contributed by atoms with Crippen molar-refractivity contribution in [3.05, 3.63) is 33.9 Å². The lowest BCUT2D eigenvalue weighted by Crippen LogP contribution is -2.45. The zero-order valence-electron chi connectivity index (χ0n) is 22.9. The second-order valence-corrected chi connectivity index (χ2v) is 12.1.